The van der Waals surface area contributed by atoms with Crippen molar-refractivity contribution in [3.8, 4) is 17.2 Å². The average Bonchev–Trinajstić information content (AvgIpc) is 3.56. The lowest BCUT2D eigenvalue weighted by Crippen LogP contribution is -2.29. The standard InChI is InChI=1S/C26H29N5O5/c1-4-18(32)11-6-5-7-13-21(28-23(33)26-31-30-16(2)35-26)25-27-15-22(36-25)19-14-17-10-8-9-12-20(17)29-24(19)34-3/h8-10,12,14-15,21H,4-7,11,13H2,1-3H3,(H,28,33). The van der Waals surface area contributed by atoms with Crippen molar-refractivity contribution >= 4 is 22.6 Å². The van der Waals surface area contributed by atoms with E-state index in [0.29, 0.717) is 48.2 Å². The summed E-state index contributed by atoms with van der Waals surface area (Å²) in [5.41, 5.74) is 1.46. The molecule has 0 fully saturated rings. The molecule has 0 aliphatic carbocycles. The molecule has 1 aromatic carbocycles. The lowest BCUT2D eigenvalue weighted by Gasteiger charge is -2.14. The number of carbonyl (C=O) groups excluding carboxylic acids is 2. The Hall–Kier alpha value is -4.08. The number of fused-ring (bicyclic) bond motifs is 1. The molecular weight excluding hydrogens is 462 g/mol. The summed E-state index contributed by atoms with van der Waals surface area (Å²) in [6.07, 6.45) is 5.68. The molecule has 4 rings (SSSR count). The van der Waals surface area contributed by atoms with Crippen molar-refractivity contribution in [2.45, 2.75) is 58.4 Å². The maximum Gasteiger partial charge on any atom is 0.309 e. The van der Waals surface area contributed by atoms with Crippen LogP contribution in [0, 0.1) is 6.92 Å². The summed E-state index contributed by atoms with van der Waals surface area (Å²) in [7, 11) is 1.55. The number of ether oxygens (including phenoxy) is 1. The van der Waals surface area contributed by atoms with Crippen molar-refractivity contribution in [2.24, 2.45) is 0 Å². The van der Waals surface area contributed by atoms with Crippen molar-refractivity contribution in [3.05, 3.63) is 54.2 Å². The molecule has 188 valence electrons. The van der Waals surface area contributed by atoms with Gasteiger partial charge in [0.2, 0.25) is 17.7 Å². The highest BCUT2D eigenvalue weighted by Crippen LogP contribution is 2.33. The van der Waals surface area contributed by atoms with Gasteiger partial charge in [-0.1, -0.05) is 38.0 Å². The van der Waals surface area contributed by atoms with Crippen LogP contribution in [0.5, 0.6) is 5.88 Å². The van der Waals surface area contributed by atoms with Crippen LogP contribution in [-0.2, 0) is 4.79 Å². The first-order valence-electron chi connectivity index (χ1n) is 12.0. The Balaban J connectivity index is 1.55. The Morgan fingerprint density at radius 1 is 1.11 bits per heavy atom. The van der Waals surface area contributed by atoms with Crippen LogP contribution in [0.15, 0.2) is 45.4 Å². The smallest absolute Gasteiger partial charge is 0.309 e. The van der Waals surface area contributed by atoms with E-state index in [1.807, 2.05) is 37.3 Å². The van der Waals surface area contributed by atoms with Gasteiger partial charge in [-0.3, -0.25) is 9.59 Å². The summed E-state index contributed by atoms with van der Waals surface area (Å²) >= 11 is 0. The molecule has 3 aromatic heterocycles. The minimum absolute atomic E-state index is 0.127. The summed E-state index contributed by atoms with van der Waals surface area (Å²) in [6, 6.07) is 9.13. The van der Waals surface area contributed by atoms with Crippen LogP contribution in [0.4, 0.5) is 0 Å². The van der Waals surface area contributed by atoms with Crippen molar-refractivity contribution in [1.29, 1.82) is 0 Å². The van der Waals surface area contributed by atoms with Crippen LogP contribution in [0.25, 0.3) is 22.2 Å². The summed E-state index contributed by atoms with van der Waals surface area (Å²) in [5, 5.41) is 11.3. The first-order valence-corrected chi connectivity index (χ1v) is 12.0. The van der Waals surface area contributed by atoms with Gasteiger partial charge in [-0.2, -0.15) is 0 Å². The number of para-hydroxylation sites is 1. The molecular formula is C26H29N5O5. The molecule has 3 heterocycles. The monoisotopic (exact) mass is 491 g/mol. The number of nitrogens with one attached hydrogen (secondary N) is 1. The number of unbranched alkanes of at least 4 members (excludes halogenated alkanes) is 2. The van der Waals surface area contributed by atoms with Crippen molar-refractivity contribution in [2.75, 3.05) is 7.11 Å². The van der Waals surface area contributed by atoms with Crippen LogP contribution >= 0.6 is 0 Å². The number of benzene rings is 1. The van der Waals surface area contributed by atoms with Crippen molar-refractivity contribution in [1.82, 2.24) is 25.5 Å². The Bertz CT molecular complexity index is 1350. The number of amides is 1. The third kappa shape index (κ3) is 5.94. The third-order valence-corrected chi connectivity index (χ3v) is 5.84. The number of carbonyl (C=O) groups is 2. The summed E-state index contributed by atoms with van der Waals surface area (Å²) in [6.45, 7) is 3.48. The molecule has 0 aliphatic heterocycles. The Labute approximate surface area is 208 Å². The van der Waals surface area contributed by atoms with Crippen LogP contribution in [0.2, 0.25) is 0 Å². The number of nitrogens with zero attached hydrogens (tertiary/aromatic N) is 4. The second-order valence-corrected chi connectivity index (χ2v) is 8.44. The number of Topliss-reactive ketones (excluding diaryl/α,β-unsaturated/α-hetero) is 1. The van der Waals surface area contributed by atoms with Gasteiger partial charge in [0, 0.05) is 25.2 Å². The molecule has 1 N–H and O–H groups in total. The second-order valence-electron chi connectivity index (χ2n) is 8.44. The zero-order valence-corrected chi connectivity index (χ0v) is 20.6. The van der Waals surface area contributed by atoms with Crippen molar-refractivity contribution in [3.63, 3.8) is 0 Å². The SMILES string of the molecule is CCC(=O)CCCCCC(NC(=O)c1nnc(C)o1)c1ncc(-c2cc3ccccc3nc2OC)o1. The molecule has 10 nitrogen and oxygen atoms in total. The normalized spacial score (nSPS) is 12.0. The highest BCUT2D eigenvalue weighted by Gasteiger charge is 2.24. The molecule has 0 radical (unpaired) electrons. The van der Waals surface area contributed by atoms with Gasteiger partial charge in [0.15, 0.2) is 5.76 Å². The van der Waals surface area contributed by atoms with Gasteiger partial charge in [-0.05, 0) is 25.0 Å². The molecule has 0 bridgehead atoms. The molecule has 1 amide bonds. The number of hydrogen-bond acceptors (Lipinski definition) is 9. The fraction of sp³-hybridized carbons (Fsp3) is 0.385. The number of oxazole rings is 1. The lowest BCUT2D eigenvalue weighted by atomic mass is 10.0. The van der Waals surface area contributed by atoms with E-state index in [4.69, 9.17) is 13.6 Å². The lowest BCUT2D eigenvalue weighted by molar-refractivity contribution is -0.118. The number of pyridine rings is 1. The van der Waals surface area contributed by atoms with Crippen molar-refractivity contribution < 1.29 is 23.2 Å². The molecule has 0 saturated heterocycles. The topological polar surface area (TPSA) is 133 Å². The van der Waals surface area contributed by atoms with E-state index in [2.05, 4.69) is 25.5 Å². The van der Waals surface area contributed by atoms with Gasteiger partial charge in [0.25, 0.3) is 0 Å². The molecule has 1 atom stereocenters. The third-order valence-electron chi connectivity index (χ3n) is 5.84. The second kappa shape index (κ2) is 11.6. The average molecular weight is 492 g/mol. The molecule has 1 unspecified atom stereocenters. The zero-order valence-electron chi connectivity index (χ0n) is 20.6. The highest BCUT2D eigenvalue weighted by molar-refractivity contribution is 5.89. The van der Waals surface area contributed by atoms with Gasteiger partial charge in [0.1, 0.15) is 11.8 Å². The van der Waals surface area contributed by atoms with Gasteiger partial charge in [-0.15, -0.1) is 10.2 Å². The van der Waals surface area contributed by atoms with Crippen LogP contribution in [0.1, 0.15) is 74.0 Å². The quantitative estimate of drug-likeness (QED) is 0.272. The fourth-order valence-electron chi connectivity index (χ4n) is 3.89. The van der Waals surface area contributed by atoms with Gasteiger partial charge >= 0.3 is 11.8 Å². The number of ketones is 1. The summed E-state index contributed by atoms with van der Waals surface area (Å²) < 4.78 is 16.9. The van der Waals surface area contributed by atoms with E-state index < -0.39 is 11.9 Å². The van der Waals surface area contributed by atoms with E-state index in [0.717, 1.165) is 30.2 Å². The van der Waals surface area contributed by atoms with Gasteiger partial charge in [0.05, 0.1) is 24.4 Å². The minimum Gasteiger partial charge on any atom is -0.480 e. The fourth-order valence-corrected chi connectivity index (χ4v) is 3.89. The Morgan fingerprint density at radius 2 is 1.94 bits per heavy atom. The van der Waals surface area contributed by atoms with Gasteiger partial charge in [-0.25, -0.2) is 9.97 Å². The maximum absolute atomic E-state index is 12.7. The number of rotatable bonds is 12. The first kappa shape index (κ1) is 25.0. The van der Waals surface area contributed by atoms with E-state index in [1.165, 1.54) is 0 Å². The molecule has 36 heavy (non-hydrogen) atoms. The molecule has 10 heteroatoms. The predicted molar refractivity (Wildman–Crippen MR) is 131 cm³/mol. The molecule has 0 spiro atoms. The zero-order chi connectivity index (χ0) is 25.5. The Morgan fingerprint density at radius 3 is 2.69 bits per heavy atom. The van der Waals surface area contributed by atoms with E-state index in [1.54, 1.807) is 20.2 Å². The number of methoxy groups -OCH3 is 1. The predicted octanol–water partition coefficient (Wildman–Crippen LogP) is 4.99. The largest absolute Gasteiger partial charge is 0.480 e. The summed E-state index contributed by atoms with van der Waals surface area (Å²) in [5.74, 6) is 1.15. The van der Waals surface area contributed by atoms with Crippen LogP contribution in [-0.4, -0.2) is 39.0 Å². The van der Waals surface area contributed by atoms with Gasteiger partial charge < -0.3 is 18.9 Å². The Kier molecular flexibility index (Phi) is 8.04. The summed E-state index contributed by atoms with van der Waals surface area (Å²) in [4.78, 5) is 33.3. The minimum atomic E-state index is -0.528. The number of aromatic nitrogens is 4. The number of hydrogen-bond donors (Lipinski definition) is 1. The van der Waals surface area contributed by atoms with E-state index in [-0.39, 0.29) is 11.7 Å². The van der Waals surface area contributed by atoms with Crippen LogP contribution < -0.4 is 10.1 Å². The molecule has 0 saturated carbocycles. The molecule has 0 aliphatic rings. The highest BCUT2D eigenvalue weighted by atomic mass is 16.5. The van der Waals surface area contributed by atoms with E-state index in [9.17, 15) is 9.59 Å². The maximum atomic E-state index is 12.7. The van der Waals surface area contributed by atoms with Crippen LogP contribution in [0.3, 0.4) is 0 Å². The number of aryl methyl sites for hydroxylation is 1. The van der Waals surface area contributed by atoms with E-state index >= 15 is 0 Å². The first-order chi connectivity index (χ1) is 17.5. The molecule has 4 aromatic rings.